The van der Waals surface area contributed by atoms with E-state index in [0.717, 1.165) is 23.3 Å². The number of benzene rings is 2. The van der Waals surface area contributed by atoms with E-state index in [-0.39, 0.29) is 5.91 Å². The maximum Gasteiger partial charge on any atom is 0.263 e. The van der Waals surface area contributed by atoms with Gasteiger partial charge in [-0.25, -0.2) is 0 Å². The van der Waals surface area contributed by atoms with Crippen LogP contribution in [0.3, 0.4) is 0 Å². The summed E-state index contributed by atoms with van der Waals surface area (Å²) in [4.78, 5) is 14.7. The number of ether oxygens (including phenoxy) is 1. The number of nitriles is 1. The lowest BCUT2D eigenvalue weighted by Gasteiger charge is -2.26. The van der Waals surface area contributed by atoms with E-state index in [1.54, 1.807) is 11.8 Å². The number of nitrogens with zero attached hydrogens (tertiary/aromatic N) is 2. The quantitative estimate of drug-likeness (QED) is 0.635. The Bertz CT molecular complexity index is 767. The predicted octanol–water partition coefficient (Wildman–Crippen LogP) is 4.91. The molecule has 0 aliphatic carbocycles. The van der Waals surface area contributed by atoms with Gasteiger partial charge in [-0.15, -0.1) is 0 Å². The maximum absolute atomic E-state index is 13.0. The summed E-state index contributed by atoms with van der Waals surface area (Å²) in [5.74, 6) is 1.02. The van der Waals surface area contributed by atoms with E-state index in [1.165, 1.54) is 0 Å². The number of amides is 1. The Labute approximate surface area is 162 Å². The highest BCUT2D eigenvalue weighted by atomic mass is 16.5. The van der Waals surface area contributed by atoms with Crippen LogP contribution in [0.5, 0.6) is 5.75 Å². The smallest absolute Gasteiger partial charge is 0.263 e. The van der Waals surface area contributed by atoms with Crippen LogP contribution in [-0.2, 0) is 11.3 Å². The van der Waals surface area contributed by atoms with E-state index in [0.29, 0.717) is 25.4 Å². The molecular formula is C23H28N2O2. The Balaban J connectivity index is 2.14. The minimum Gasteiger partial charge on any atom is -0.481 e. The molecule has 27 heavy (non-hydrogen) atoms. The Morgan fingerprint density at radius 1 is 1.11 bits per heavy atom. The first kappa shape index (κ1) is 20.5. The summed E-state index contributed by atoms with van der Waals surface area (Å²) in [6, 6.07) is 19.8. The van der Waals surface area contributed by atoms with Crippen molar-refractivity contribution in [1.82, 2.24) is 4.90 Å². The predicted molar refractivity (Wildman–Crippen MR) is 107 cm³/mol. The second-order valence-corrected chi connectivity index (χ2v) is 6.76. The van der Waals surface area contributed by atoms with Crippen LogP contribution in [0, 0.1) is 11.3 Å². The van der Waals surface area contributed by atoms with Crippen LogP contribution in [0.25, 0.3) is 0 Å². The highest BCUT2D eigenvalue weighted by Crippen LogP contribution is 2.29. The molecule has 4 heteroatoms. The molecule has 2 rings (SSSR count). The third-order valence-corrected chi connectivity index (χ3v) is 4.74. The topological polar surface area (TPSA) is 53.3 Å². The molecule has 0 aliphatic heterocycles. The van der Waals surface area contributed by atoms with Gasteiger partial charge in [0.2, 0.25) is 0 Å². The zero-order valence-electron chi connectivity index (χ0n) is 16.4. The number of carbonyl (C=O) groups excluding carboxylic acids is 1. The summed E-state index contributed by atoms with van der Waals surface area (Å²) in [5.41, 5.74) is 2.15. The fourth-order valence-corrected chi connectivity index (χ4v) is 2.97. The fraction of sp³-hybridized carbons (Fsp3) is 0.391. The second kappa shape index (κ2) is 10.4. The molecule has 2 aromatic rings. The molecule has 2 unspecified atom stereocenters. The summed E-state index contributed by atoms with van der Waals surface area (Å²) in [5, 5.41) is 8.94. The van der Waals surface area contributed by atoms with Gasteiger partial charge in [-0.3, -0.25) is 4.79 Å². The van der Waals surface area contributed by atoms with Gasteiger partial charge in [0.15, 0.2) is 6.10 Å². The van der Waals surface area contributed by atoms with Crippen molar-refractivity contribution in [1.29, 1.82) is 5.26 Å². The van der Waals surface area contributed by atoms with Crippen molar-refractivity contribution in [3.8, 4) is 11.8 Å². The molecule has 0 aliphatic rings. The van der Waals surface area contributed by atoms with Crippen molar-refractivity contribution >= 4 is 5.91 Å². The Morgan fingerprint density at radius 2 is 1.78 bits per heavy atom. The third-order valence-electron chi connectivity index (χ3n) is 4.74. The molecule has 0 fully saturated rings. The van der Waals surface area contributed by atoms with E-state index >= 15 is 0 Å². The zero-order chi connectivity index (χ0) is 19.6. The summed E-state index contributed by atoms with van der Waals surface area (Å²) in [7, 11) is 0. The van der Waals surface area contributed by atoms with Crippen molar-refractivity contribution in [3.05, 3.63) is 65.7 Å². The molecular weight excluding hydrogens is 336 g/mol. The van der Waals surface area contributed by atoms with Crippen LogP contribution in [-0.4, -0.2) is 23.5 Å². The molecule has 0 saturated carbocycles. The van der Waals surface area contributed by atoms with Gasteiger partial charge in [0, 0.05) is 13.1 Å². The van der Waals surface area contributed by atoms with E-state index in [1.807, 2.05) is 48.5 Å². The minimum atomic E-state index is -0.613. The van der Waals surface area contributed by atoms with Gasteiger partial charge in [-0.2, -0.15) is 5.26 Å². The lowest BCUT2D eigenvalue weighted by molar-refractivity contribution is -0.138. The average molecular weight is 364 g/mol. The number of para-hydroxylation sites is 1. The van der Waals surface area contributed by atoms with Crippen LogP contribution in [0.1, 0.15) is 50.7 Å². The van der Waals surface area contributed by atoms with E-state index in [4.69, 9.17) is 10.00 Å². The van der Waals surface area contributed by atoms with Crippen molar-refractivity contribution < 1.29 is 9.53 Å². The fourth-order valence-electron chi connectivity index (χ4n) is 2.97. The van der Waals surface area contributed by atoms with Crippen molar-refractivity contribution in [3.63, 3.8) is 0 Å². The molecule has 0 N–H and O–H groups in total. The second-order valence-electron chi connectivity index (χ2n) is 6.76. The molecule has 1 amide bonds. The molecule has 2 aromatic carbocycles. The van der Waals surface area contributed by atoms with Gasteiger partial charge in [0.05, 0.1) is 12.5 Å². The molecule has 0 spiro atoms. The molecule has 0 radical (unpaired) electrons. The van der Waals surface area contributed by atoms with Gasteiger partial charge >= 0.3 is 0 Å². The summed E-state index contributed by atoms with van der Waals surface area (Å²) in [6.45, 7) is 6.94. The van der Waals surface area contributed by atoms with Crippen LogP contribution in [0.4, 0.5) is 0 Å². The highest BCUT2D eigenvalue weighted by Gasteiger charge is 2.23. The Kier molecular flexibility index (Phi) is 7.88. The molecule has 2 atom stereocenters. The molecule has 142 valence electrons. The standard InChI is InChI=1S/C23H28N2O2/c1-4-18(2)21-13-8-9-14-22(21)27-19(3)23(26)25(16-10-15-24)17-20-11-6-5-7-12-20/h5-9,11-14,18-19H,4,10,16-17H2,1-3H3. The number of hydrogen-bond donors (Lipinski definition) is 0. The lowest BCUT2D eigenvalue weighted by atomic mass is 9.98. The van der Waals surface area contributed by atoms with Gasteiger partial charge in [0.1, 0.15) is 5.75 Å². The maximum atomic E-state index is 13.0. The normalized spacial score (nSPS) is 12.7. The third kappa shape index (κ3) is 5.86. The van der Waals surface area contributed by atoms with Crippen molar-refractivity contribution in [2.75, 3.05) is 6.54 Å². The highest BCUT2D eigenvalue weighted by molar-refractivity contribution is 5.81. The van der Waals surface area contributed by atoms with Gasteiger partial charge in [-0.1, -0.05) is 62.4 Å². The van der Waals surface area contributed by atoms with E-state index in [2.05, 4.69) is 26.0 Å². The largest absolute Gasteiger partial charge is 0.481 e. The summed E-state index contributed by atoms with van der Waals surface area (Å²) in [6.07, 6.45) is 0.692. The van der Waals surface area contributed by atoms with Crippen molar-refractivity contribution in [2.24, 2.45) is 0 Å². The number of rotatable bonds is 9. The van der Waals surface area contributed by atoms with Crippen LogP contribution >= 0.6 is 0 Å². The van der Waals surface area contributed by atoms with Gasteiger partial charge < -0.3 is 9.64 Å². The molecule has 0 bridgehead atoms. The van der Waals surface area contributed by atoms with E-state index < -0.39 is 6.10 Å². The first-order chi connectivity index (χ1) is 13.1. The molecule has 0 saturated heterocycles. The lowest BCUT2D eigenvalue weighted by Crippen LogP contribution is -2.40. The molecule has 0 heterocycles. The monoisotopic (exact) mass is 364 g/mol. The Hall–Kier alpha value is -2.80. The van der Waals surface area contributed by atoms with Crippen molar-refractivity contribution in [2.45, 2.75) is 52.2 Å². The SMILES string of the molecule is CCC(C)c1ccccc1OC(C)C(=O)N(CCC#N)Cc1ccccc1. The number of carbonyl (C=O) groups is 1. The summed E-state index contributed by atoms with van der Waals surface area (Å²) >= 11 is 0. The molecule has 4 nitrogen and oxygen atoms in total. The number of hydrogen-bond acceptors (Lipinski definition) is 3. The summed E-state index contributed by atoms with van der Waals surface area (Å²) < 4.78 is 6.05. The zero-order valence-corrected chi connectivity index (χ0v) is 16.4. The average Bonchev–Trinajstić information content (AvgIpc) is 2.71. The van der Waals surface area contributed by atoms with Crippen LogP contribution < -0.4 is 4.74 Å². The van der Waals surface area contributed by atoms with E-state index in [9.17, 15) is 4.79 Å². The Morgan fingerprint density at radius 3 is 2.44 bits per heavy atom. The first-order valence-corrected chi connectivity index (χ1v) is 9.52. The van der Waals surface area contributed by atoms with Gasteiger partial charge in [0.25, 0.3) is 5.91 Å². The van der Waals surface area contributed by atoms with Crippen LogP contribution in [0.2, 0.25) is 0 Å². The molecule has 0 aromatic heterocycles. The first-order valence-electron chi connectivity index (χ1n) is 9.52. The van der Waals surface area contributed by atoms with Crippen LogP contribution in [0.15, 0.2) is 54.6 Å². The minimum absolute atomic E-state index is 0.104. The van der Waals surface area contributed by atoms with Gasteiger partial charge in [-0.05, 0) is 36.5 Å².